The number of rotatable bonds is 5. The van der Waals surface area contributed by atoms with Gasteiger partial charge in [-0.05, 0) is 54.5 Å². The maximum absolute atomic E-state index is 10.9. The average Bonchev–Trinajstić information content (AvgIpc) is 3.19. The minimum atomic E-state index is -3.97. The fourth-order valence-electron chi connectivity index (χ4n) is 2.61. The number of phenolic OH excluding ortho intramolecular Hbond substituents is 1. The van der Waals surface area contributed by atoms with Gasteiger partial charge in [-0.3, -0.25) is 4.55 Å². The zero-order valence-electron chi connectivity index (χ0n) is 13.9. The Bertz CT molecular complexity index is 1270. The van der Waals surface area contributed by atoms with E-state index in [4.69, 9.17) is 4.55 Å². The summed E-state index contributed by atoms with van der Waals surface area (Å²) in [7, 11) is -3.97. The zero-order valence-corrected chi connectivity index (χ0v) is 16.3. The van der Waals surface area contributed by atoms with E-state index >= 15 is 0 Å². The number of aromatic nitrogens is 2. The second-order valence-corrected chi connectivity index (χ2v) is 9.62. The second kappa shape index (κ2) is 7.01. The molecule has 0 aliphatic heterocycles. The Morgan fingerprint density at radius 2 is 1.52 bits per heavy atom. The number of fused-ring (bicyclic) bond motifs is 2. The summed E-state index contributed by atoms with van der Waals surface area (Å²) in [6.07, 6.45) is 4.04. The Morgan fingerprint density at radius 1 is 0.926 bits per heavy atom. The Labute approximate surface area is 163 Å². The van der Waals surface area contributed by atoms with Gasteiger partial charge in [0, 0.05) is 0 Å². The normalized spacial score (nSPS) is 12.5. The van der Waals surface area contributed by atoms with Crippen LogP contribution in [0.3, 0.4) is 0 Å². The molecule has 0 saturated heterocycles. The molecule has 0 bridgehead atoms. The zero-order chi connectivity index (χ0) is 19.0. The van der Waals surface area contributed by atoms with E-state index in [-0.39, 0.29) is 17.9 Å². The van der Waals surface area contributed by atoms with Gasteiger partial charge in [0.1, 0.15) is 15.8 Å². The van der Waals surface area contributed by atoms with Crippen molar-refractivity contribution in [3.8, 4) is 5.75 Å². The van der Waals surface area contributed by atoms with Crippen LogP contribution in [0.25, 0.3) is 32.6 Å². The summed E-state index contributed by atoms with van der Waals surface area (Å²) in [6.45, 7) is 0. The van der Waals surface area contributed by atoms with E-state index in [9.17, 15) is 13.5 Å². The minimum absolute atomic E-state index is 0.220. The molecule has 2 heterocycles. The summed E-state index contributed by atoms with van der Waals surface area (Å²) >= 11 is 2.99. The van der Waals surface area contributed by atoms with Crippen molar-refractivity contribution in [2.45, 2.75) is 6.42 Å². The molecule has 4 rings (SSSR count). The van der Waals surface area contributed by atoms with Crippen LogP contribution in [0.5, 0.6) is 5.75 Å². The number of aryl methyl sites for hydroxylation is 1. The molecule has 0 atom stereocenters. The lowest BCUT2D eigenvalue weighted by Gasteiger charge is -1.98. The summed E-state index contributed by atoms with van der Waals surface area (Å²) in [6, 6.07) is 10.7. The number of hydrogen-bond acceptors (Lipinski definition) is 7. The van der Waals surface area contributed by atoms with Crippen molar-refractivity contribution in [2.75, 3.05) is 5.75 Å². The maximum atomic E-state index is 10.9. The van der Waals surface area contributed by atoms with Crippen molar-refractivity contribution in [3.05, 3.63) is 52.0 Å². The molecule has 27 heavy (non-hydrogen) atoms. The van der Waals surface area contributed by atoms with E-state index in [1.54, 1.807) is 18.2 Å². The molecule has 2 aromatic heterocycles. The molecule has 6 nitrogen and oxygen atoms in total. The summed E-state index contributed by atoms with van der Waals surface area (Å²) in [5.41, 5.74) is 2.51. The predicted octanol–water partition coefficient (Wildman–Crippen LogP) is 4.21. The number of nitrogens with zero attached hydrogens (tertiary/aromatic N) is 2. The standard InChI is InChI=1S/C18H14N2O4S3/c21-12-2-4-14-16(10-12)26-18(20-14)6-5-17-19-13-3-1-11(9-15(13)25-17)7-8-27(22,23)24/h1-6,9-10,21H,7-8H2,(H,22,23,24). The molecule has 0 aliphatic carbocycles. The molecular formula is C18H14N2O4S3. The lowest BCUT2D eigenvalue weighted by molar-refractivity contribution is 0.476. The van der Waals surface area contributed by atoms with Gasteiger partial charge in [-0.2, -0.15) is 8.42 Å². The molecule has 0 saturated carbocycles. The monoisotopic (exact) mass is 418 g/mol. The summed E-state index contributed by atoms with van der Waals surface area (Å²) < 4.78 is 32.5. The van der Waals surface area contributed by atoms with Gasteiger partial charge in [0.25, 0.3) is 10.1 Å². The summed E-state index contributed by atoms with van der Waals surface area (Å²) in [5.74, 6) is -0.0744. The fourth-order valence-corrected chi connectivity index (χ4v) is 4.94. The van der Waals surface area contributed by atoms with E-state index in [0.29, 0.717) is 0 Å². The number of phenols is 1. The van der Waals surface area contributed by atoms with Crippen LogP contribution < -0.4 is 0 Å². The highest BCUT2D eigenvalue weighted by molar-refractivity contribution is 7.85. The Morgan fingerprint density at radius 3 is 2.15 bits per heavy atom. The molecule has 4 aromatic rings. The molecule has 138 valence electrons. The lowest BCUT2D eigenvalue weighted by atomic mass is 10.2. The second-order valence-electron chi connectivity index (χ2n) is 5.93. The van der Waals surface area contributed by atoms with E-state index in [1.165, 1.54) is 22.7 Å². The van der Waals surface area contributed by atoms with Crippen LogP contribution in [0.2, 0.25) is 0 Å². The van der Waals surface area contributed by atoms with Crippen LogP contribution in [0.15, 0.2) is 36.4 Å². The van der Waals surface area contributed by atoms with E-state index in [2.05, 4.69) is 9.97 Å². The van der Waals surface area contributed by atoms with Crippen molar-refractivity contribution in [2.24, 2.45) is 0 Å². The Hall–Kier alpha value is -2.33. The van der Waals surface area contributed by atoms with Crippen molar-refractivity contribution in [1.29, 1.82) is 0 Å². The largest absolute Gasteiger partial charge is 0.508 e. The molecule has 0 spiro atoms. The number of aromatic hydroxyl groups is 1. The van der Waals surface area contributed by atoms with Crippen LogP contribution in [0.4, 0.5) is 0 Å². The third kappa shape index (κ3) is 4.33. The van der Waals surface area contributed by atoms with Gasteiger partial charge in [-0.25, -0.2) is 9.97 Å². The molecule has 0 amide bonds. The quantitative estimate of drug-likeness (QED) is 0.471. The third-order valence-corrected chi connectivity index (χ3v) is 6.56. The van der Waals surface area contributed by atoms with Crippen molar-refractivity contribution >= 4 is 65.4 Å². The molecule has 9 heteroatoms. The number of thiazole rings is 2. The van der Waals surface area contributed by atoms with Crippen molar-refractivity contribution in [3.63, 3.8) is 0 Å². The number of hydrogen-bond donors (Lipinski definition) is 2. The van der Waals surface area contributed by atoms with Crippen LogP contribution in [-0.4, -0.2) is 33.8 Å². The summed E-state index contributed by atoms with van der Waals surface area (Å²) in [5, 5.41) is 11.2. The smallest absolute Gasteiger partial charge is 0.265 e. The lowest BCUT2D eigenvalue weighted by Crippen LogP contribution is -2.06. The first-order valence-electron chi connectivity index (χ1n) is 7.98. The first-order valence-corrected chi connectivity index (χ1v) is 11.2. The number of benzene rings is 2. The fraction of sp³-hybridized carbons (Fsp3) is 0.111. The predicted molar refractivity (Wildman–Crippen MR) is 110 cm³/mol. The highest BCUT2D eigenvalue weighted by atomic mass is 32.2. The highest BCUT2D eigenvalue weighted by Crippen LogP contribution is 2.28. The molecule has 2 aromatic carbocycles. The van der Waals surface area contributed by atoms with Crippen molar-refractivity contribution < 1.29 is 18.1 Å². The van der Waals surface area contributed by atoms with Gasteiger partial charge in [0.15, 0.2) is 0 Å². The van der Waals surface area contributed by atoms with Gasteiger partial charge >= 0.3 is 0 Å². The van der Waals surface area contributed by atoms with E-state index in [1.807, 2.05) is 30.4 Å². The SMILES string of the molecule is O=S(=O)(O)CCc1ccc2nc(C=Cc3nc4ccc(O)cc4s3)sc2c1. The topological polar surface area (TPSA) is 100 Å². The Balaban J connectivity index is 1.56. The molecule has 0 aliphatic rings. The molecular weight excluding hydrogens is 404 g/mol. The molecule has 0 unspecified atom stereocenters. The van der Waals surface area contributed by atoms with E-state index in [0.717, 1.165) is 36.0 Å². The van der Waals surface area contributed by atoms with Gasteiger partial charge in [0.05, 0.1) is 26.2 Å². The van der Waals surface area contributed by atoms with E-state index < -0.39 is 10.1 Å². The van der Waals surface area contributed by atoms with Crippen molar-refractivity contribution in [1.82, 2.24) is 9.97 Å². The third-order valence-electron chi connectivity index (χ3n) is 3.88. The first-order chi connectivity index (χ1) is 12.9. The Kier molecular flexibility index (Phi) is 4.68. The highest BCUT2D eigenvalue weighted by Gasteiger charge is 2.08. The van der Waals surface area contributed by atoms with Crippen LogP contribution >= 0.6 is 22.7 Å². The average molecular weight is 419 g/mol. The minimum Gasteiger partial charge on any atom is -0.508 e. The van der Waals surface area contributed by atoms with Gasteiger partial charge in [0.2, 0.25) is 0 Å². The first kappa shape index (κ1) is 18.1. The van der Waals surface area contributed by atoms with Gasteiger partial charge in [-0.1, -0.05) is 6.07 Å². The summed E-state index contributed by atoms with van der Waals surface area (Å²) in [4.78, 5) is 9.05. The van der Waals surface area contributed by atoms with Crippen LogP contribution in [0, 0.1) is 0 Å². The molecule has 0 fully saturated rings. The maximum Gasteiger partial charge on any atom is 0.265 e. The van der Waals surface area contributed by atoms with Gasteiger partial charge in [-0.15, -0.1) is 22.7 Å². The van der Waals surface area contributed by atoms with Gasteiger partial charge < -0.3 is 5.11 Å². The molecule has 0 radical (unpaired) electrons. The molecule has 2 N–H and O–H groups in total. The van der Waals surface area contributed by atoms with Crippen LogP contribution in [-0.2, 0) is 16.5 Å². The van der Waals surface area contributed by atoms with Crippen LogP contribution in [0.1, 0.15) is 15.6 Å².